The van der Waals surface area contributed by atoms with Crippen molar-refractivity contribution in [3.8, 4) is 11.3 Å². The molecule has 2 N–H and O–H groups in total. The molecular weight excluding hydrogens is 343 g/mol. The summed E-state index contributed by atoms with van der Waals surface area (Å²) in [6, 6.07) is 16.0. The maximum absolute atomic E-state index is 13.6. The number of aromatic amines is 2. The van der Waals surface area contributed by atoms with Gasteiger partial charge in [0.15, 0.2) is 0 Å². The zero-order valence-corrected chi connectivity index (χ0v) is 15.0. The molecule has 6 heteroatoms. The van der Waals surface area contributed by atoms with E-state index in [1.54, 1.807) is 24.1 Å². The Morgan fingerprint density at radius 2 is 1.96 bits per heavy atom. The van der Waals surface area contributed by atoms with E-state index in [-0.39, 0.29) is 17.8 Å². The average molecular weight is 362 g/mol. The average Bonchev–Trinajstić information content (AvgIpc) is 3.33. The number of hydrogen-bond donors (Lipinski definition) is 2. The maximum atomic E-state index is 13.6. The molecule has 0 spiro atoms. The van der Waals surface area contributed by atoms with Crippen LogP contribution in [0.25, 0.3) is 22.2 Å². The Balaban J connectivity index is 1.64. The Kier molecular flexibility index (Phi) is 4.24. The van der Waals surface area contributed by atoms with E-state index < -0.39 is 0 Å². The minimum Gasteiger partial charge on any atom is -0.357 e. The lowest BCUT2D eigenvalue weighted by atomic mass is 10.1. The predicted molar refractivity (Wildman–Crippen MR) is 103 cm³/mol. The van der Waals surface area contributed by atoms with Gasteiger partial charge in [0.25, 0.3) is 5.91 Å². The molecule has 2 aromatic heterocycles. The number of aromatic nitrogens is 3. The van der Waals surface area contributed by atoms with Crippen LogP contribution in [0, 0.1) is 5.82 Å². The number of rotatable bonds is 4. The largest absolute Gasteiger partial charge is 0.357 e. The van der Waals surface area contributed by atoms with Crippen molar-refractivity contribution in [2.45, 2.75) is 13.0 Å². The van der Waals surface area contributed by atoms with Crippen molar-refractivity contribution in [3.63, 3.8) is 0 Å². The third kappa shape index (κ3) is 3.10. The van der Waals surface area contributed by atoms with Gasteiger partial charge in [0.1, 0.15) is 5.82 Å². The van der Waals surface area contributed by atoms with Crippen LogP contribution in [-0.4, -0.2) is 33.0 Å². The molecule has 0 fully saturated rings. The highest BCUT2D eigenvalue weighted by molar-refractivity contribution is 5.99. The fourth-order valence-corrected chi connectivity index (χ4v) is 3.21. The van der Waals surface area contributed by atoms with Crippen LogP contribution in [0.1, 0.15) is 29.0 Å². The van der Waals surface area contributed by atoms with Crippen molar-refractivity contribution in [1.82, 2.24) is 20.1 Å². The van der Waals surface area contributed by atoms with Crippen molar-refractivity contribution >= 4 is 16.8 Å². The van der Waals surface area contributed by atoms with E-state index in [4.69, 9.17) is 0 Å². The first-order valence-electron chi connectivity index (χ1n) is 8.68. The molecule has 0 unspecified atom stereocenters. The highest BCUT2D eigenvalue weighted by Gasteiger charge is 2.24. The second kappa shape index (κ2) is 6.72. The van der Waals surface area contributed by atoms with Gasteiger partial charge in [0.05, 0.1) is 23.5 Å². The molecule has 5 nitrogen and oxygen atoms in total. The van der Waals surface area contributed by atoms with Crippen molar-refractivity contribution in [2.24, 2.45) is 0 Å². The van der Waals surface area contributed by atoms with Gasteiger partial charge in [-0.25, -0.2) is 4.39 Å². The lowest BCUT2D eigenvalue weighted by Gasteiger charge is -2.24. The number of nitrogens with one attached hydrogen (secondary N) is 2. The normalized spacial score (nSPS) is 12.3. The number of halogens is 1. The van der Waals surface area contributed by atoms with Crippen LogP contribution in [0.15, 0.2) is 60.8 Å². The van der Waals surface area contributed by atoms with E-state index in [2.05, 4.69) is 15.2 Å². The van der Waals surface area contributed by atoms with Crippen LogP contribution < -0.4 is 0 Å². The highest BCUT2D eigenvalue weighted by atomic mass is 19.1. The predicted octanol–water partition coefficient (Wildman–Crippen LogP) is 4.53. The first kappa shape index (κ1) is 17.0. The Morgan fingerprint density at radius 1 is 1.15 bits per heavy atom. The van der Waals surface area contributed by atoms with Gasteiger partial charge in [-0.05, 0) is 36.6 Å². The number of fused-ring (bicyclic) bond motifs is 1. The van der Waals surface area contributed by atoms with Crippen LogP contribution >= 0.6 is 0 Å². The van der Waals surface area contributed by atoms with Gasteiger partial charge in [-0.15, -0.1) is 0 Å². The molecule has 0 aliphatic heterocycles. The molecule has 0 aliphatic carbocycles. The second-order valence-corrected chi connectivity index (χ2v) is 6.57. The van der Waals surface area contributed by atoms with Crippen LogP contribution in [0.4, 0.5) is 4.39 Å². The molecule has 0 aliphatic rings. The van der Waals surface area contributed by atoms with Crippen molar-refractivity contribution in [2.75, 3.05) is 7.05 Å². The van der Waals surface area contributed by atoms with Crippen LogP contribution in [0.2, 0.25) is 0 Å². The third-order valence-corrected chi connectivity index (χ3v) is 4.89. The number of carbonyl (C=O) groups is 1. The van der Waals surface area contributed by atoms with E-state index in [0.29, 0.717) is 16.8 Å². The number of para-hydroxylation sites is 1. The van der Waals surface area contributed by atoms with Crippen LogP contribution in [0.5, 0.6) is 0 Å². The SMILES string of the molecule is C[C@@H](c1cc2ccccc2[nH]1)N(C)C(=O)c1cn[nH]c1-c1cccc(F)c1. The topological polar surface area (TPSA) is 64.8 Å². The van der Waals surface area contributed by atoms with Gasteiger partial charge in [0.2, 0.25) is 0 Å². The summed E-state index contributed by atoms with van der Waals surface area (Å²) in [6.45, 7) is 1.96. The molecular formula is C21H19FN4O. The number of benzene rings is 2. The monoisotopic (exact) mass is 362 g/mol. The number of hydrogen-bond acceptors (Lipinski definition) is 2. The van der Waals surface area contributed by atoms with E-state index >= 15 is 0 Å². The molecule has 136 valence electrons. The number of carbonyl (C=O) groups excluding carboxylic acids is 1. The Morgan fingerprint density at radius 3 is 2.74 bits per heavy atom. The fourth-order valence-electron chi connectivity index (χ4n) is 3.21. The summed E-state index contributed by atoms with van der Waals surface area (Å²) in [7, 11) is 1.75. The quantitative estimate of drug-likeness (QED) is 0.560. The van der Waals surface area contributed by atoms with Crippen molar-refractivity contribution in [3.05, 3.63) is 77.9 Å². The van der Waals surface area contributed by atoms with E-state index in [9.17, 15) is 9.18 Å². The van der Waals surface area contributed by atoms with E-state index in [1.807, 2.05) is 37.3 Å². The summed E-state index contributed by atoms with van der Waals surface area (Å²) in [4.78, 5) is 18.1. The highest BCUT2D eigenvalue weighted by Crippen LogP contribution is 2.27. The zero-order chi connectivity index (χ0) is 19.0. The lowest BCUT2D eigenvalue weighted by molar-refractivity contribution is 0.0741. The fraction of sp³-hybridized carbons (Fsp3) is 0.143. The summed E-state index contributed by atoms with van der Waals surface area (Å²) in [5.74, 6) is -0.547. The molecule has 1 atom stereocenters. The maximum Gasteiger partial charge on any atom is 0.257 e. The molecule has 27 heavy (non-hydrogen) atoms. The van der Waals surface area contributed by atoms with Crippen molar-refractivity contribution in [1.29, 1.82) is 0 Å². The molecule has 0 radical (unpaired) electrons. The number of nitrogens with zero attached hydrogens (tertiary/aromatic N) is 2. The Bertz CT molecular complexity index is 1080. The number of H-pyrrole nitrogens is 2. The van der Waals surface area contributed by atoms with Gasteiger partial charge >= 0.3 is 0 Å². The van der Waals surface area contributed by atoms with Gasteiger partial charge in [-0.1, -0.05) is 30.3 Å². The summed E-state index contributed by atoms with van der Waals surface area (Å²) in [5.41, 5.74) is 3.48. The molecule has 2 heterocycles. The summed E-state index contributed by atoms with van der Waals surface area (Å²) < 4.78 is 13.6. The van der Waals surface area contributed by atoms with Crippen LogP contribution in [-0.2, 0) is 0 Å². The Labute approximate surface area is 155 Å². The minimum absolute atomic E-state index is 0.167. The first-order chi connectivity index (χ1) is 13.0. The van der Waals surface area contributed by atoms with Gasteiger partial charge < -0.3 is 9.88 Å². The van der Waals surface area contributed by atoms with Gasteiger partial charge in [-0.2, -0.15) is 5.10 Å². The van der Waals surface area contributed by atoms with Crippen LogP contribution in [0.3, 0.4) is 0 Å². The summed E-state index contributed by atoms with van der Waals surface area (Å²) in [5, 5.41) is 7.91. The Hall–Kier alpha value is -3.41. The lowest BCUT2D eigenvalue weighted by Crippen LogP contribution is -2.30. The molecule has 1 amide bonds. The van der Waals surface area contributed by atoms with Gasteiger partial charge in [-0.3, -0.25) is 9.89 Å². The third-order valence-electron chi connectivity index (χ3n) is 4.89. The molecule has 4 rings (SSSR count). The molecule has 0 saturated heterocycles. The molecule has 0 bridgehead atoms. The van der Waals surface area contributed by atoms with Gasteiger partial charge in [0, 0.05) is 23.8 Å². The van der Waals surface area contributed by atoms with Crippen molar-refractivity contribution < 1.29 is 9.18 Å². The summed E-state index contributed by atoms with van der Waals surface area (Å²) >= 11 is 0. The number of amides is 1. The van der Waals surface area contributed by atoms with E-state index in [1.165, 1.54) is 18.3 Å². The van der Waals surface area contributed by atoms with E-state index in [0.717, 1.165) is 16.6 Å². The molecule has 2 aromatic carbocycles. The molecule has 0 saturated carbocycles. The smallest absolute Gasteiger partial charge is 0.257 e. The molecule has 4 aromatic rings. The first-order valence-corrected chi connectivity index (χ1v) is 8.68. The summed E-state index contributed by atoms with van der Waals surface area (Å²) in [6.07, 6.45) is 1.48. The standard InChI is InChI=1S/C21H19FN4O/c1-13(19-11-14-6-3-4-9-18(14)24-19)26(2)21(27)17-12-23-25-20(17)15-7-5-8-16(22)10-15/h3-13,24H,1-2H3,(H,23,25)/t13-/m0/s1. The zero-order valence-electron chi connectivity index (χ0n) is 15.0. The minimum atomic E-state index is -0.361. The second-order valence-electron chi connectivity index (χ2n) is 6.57.